The van der Waals surface area contributed by atoms with Gasteiger partial charge in [0.15, 0.2) is 0 Å². The van der Waals surface area contributed by atoms with Crippen molar-refractivity contribution in [1.82, 2.24) is 15.3 Å². The number of nitrogens with one attached hydrogen (secondary N) is 2. The van der Waals surface area contributed by atoms with E-state index < -0.39 is 0 Å². The van der Waals surface area contributed by atoms with E-state index in [0.717, 1.165) is 35.3 Å². The lowest BCUT2D eigenvalue weighted by atomic mass is 10.1. The third-order valence-electron chi connectivity index (χ3n) is 4.88. The summed E-state index contributed by atoms with van der Waals surface area (Å²) in [6.45, 7) is 2.59. The zero-order valence-electron chi connectivity index (χ0n) is 15.9. The first-order valence-corrected chi connectivity index (χ1v) is 9.54. The first-order chi connectivity index (χ1) is 13.7. The van der Waals surface area contributed by atoms with Gasteiger partial charge in [0, 0.05) is 18.5 Å². The van der Waals surface area contributed by atoms with Gasteiger partial charge in [-0.15, -0.1) is 0 Å². The van der Waals surface area contributed by atoms with E-state index in [1.54, 1.807) is 0 Å². The molecule has 4 heteroatoms. The summed E-state index contributed by atoms with van der Waals surface area (Å²) in [5.74, 6) is 0.936. The Morgan fingerprint density at radius 2 is 1.61 bits per heavy atom. The lowest BCUT2D eigenvalue weighted by Gasteiger charge is -2.07. The number of para-hydroxylation sites is 2. The van der Waals surface area contributed by atoms with Gasteiger partial charge < -0.3 is 10.3 Å². The molecule has 0 saturated heterocycles. The Bertz CT molecular complexity index is 1050. The molecule has 0 atom stereocenters. The van der Waals surface area contributed by atoms with Crippen molar-refractivity contribution in [2.45, 2.75) is 26.3 Å². The van der Waals surface area contributed by atoms with Gasteiger partial charge in [0.1, 0.15) is 5.82 Å². The molecule has 0 spiro atoms. The molecule has 1 heterocycles. The molecule has 2 N–H and O–H groups in total. The molecule has 140 valence electrons. The number of aromatic nitrogens is 2. The Kier molecular flexibility index (Phi) is 5.20. The van der Waals surface area contributed by atoms with Crippen LogP contribution in [0.1, 0.15) is 32.9 Å². The predicted octanol–water partition coefficient (Wildman–Crippen LogP) is 4.59. The molecule has 0 bridgehead atoms. The first kappa shape index (κ1) is 18.0. The number of fused-ring (bicyclic) bond motifs is 1. The maximum Gasteiger partial charge on any atom is 0.251 e. The minimum absolute atomic E-state index is 0.0515. The van der Waals surface area contributed by atoms with E-state index in [2.05, 4.69) is 34.3 Å². The standard InChI is InChI=1S/C24H23N3O/c1-17-6-8-19(9-7-17)16-25-24(28)20-13-10-18(11-14-20)12-15-23-26-21-4-2-3-5-22(21)27-23/h2-11,13-14H,12,15-16H2,1H3,(H,25,28)(H,26,27). The van der Waals surface area contributed by atoms with Crippen molar-refractivity contribution < 1.29 is 4.79 Å². The summed E-state index contributed by atoms with van der Waals surface area (Å²) < 4.78 is 0. The fraction of sp³-hybridized carbons (Fsp3) is 0.167. The number of aryl methyl sites for hydroxylation is 3. The van der Waals surface area contributed by atoms with Crippen molar-refractivity contribution in [2.75, 3.05) is 0 Å². The van der Waals surface area contributed by atoms with E-state index >= 15 is 0 Å². The number of carbonyl (C=O) groups excluding carboxylic acids is 1. The number of nitrogens with zero attached hydrogens (tertiary/aromatic N) is 1. The number of imidazole rings is 1. The number of benzene rings is 3. The number of rotatable bonds is 6. The summed E-state index contributed by atoms with van der Waals surface area (Å²) in [7, 11) is 0. The number of aromatic amines is 1. The third kappa shape index (κ3) is 4.29. The van der Waals surface area contributed by atoms with Gasteiger partial charge in [0.25, 0.3) is 5.91 Å². The SMILES string of the molecule is Cc1ccc(CNC(=O)c2ccc(CCc3nc4ccccc4[nH]3)cc2)cc1. The Hall–Kier alpha value is -3.40. The highest BCUT2D eigenvalue weighted by molar-refractivity contribution is 5.94. The van der Waals surface area contributed by atoms with Crippen molar-refractivity contribution in [2.24, 2.45) is 0 Å². The average molecular weight is 369 g/mol. The summed E-state index contributed by atoms with van der Waals surface area (Å²) in [5.41, 5.74) is 6.25. The van der Waals surface area contributed by atoms with E-state index in [0.29, 0.717) is 12.1 Å². The molecule has 3 aromatic carbocycles. The summed E-state index contributed by atoms with van der Waals surface area (Å²) in [4.78, 5) is 20.3. The summed E-state index contributed by atoms with van der Waals surface area (Å²) in [6, 6.07) is 24.0. The van der Waals surface area contributed by atoms with Crippen LogP contribution in [-0.2, 0) is 19.4 Å². The highest BCUT2D eigenvalue weighted by Gasteiger charge is 2.06. The van der Waals surface area contributed by atoms with Crippen LogP contribution in [0.15, 0.2) is 72.8 Å². The van der Waals surface area contributed by atoms with Crippen LogP contribution in [0.25, 0.3) is 11.0 Å². The molecule has 0 unspecified atom stereocenters. The number of carbonyl (C=O) groups is 1. The number of amides is 1. The zero-order valence-corrected chi connectivity index (χ0v) is 15.9. The molecule has 0 aliphatic heterocycles. The smallest absolute Gasteiger partial charge is 0.251 e. The molecule has 0 saturated carbocycles. The van der Waals surface area contributed by atoms with Crippen molar-refractivity contribution in [3.63, 3.8) is 0 Å². The quantitative estimate of drug-likeness (QED) is 0.522. The Balaban J connectivity index is 1.32. The topological polar surface area (TPSA) is 57.8 Å². The van der Waals surface area contributed by atoms with Crippen molar-refractivity contribution in [3.8, 4) is 0 Å². The molecular formula is C24H23N3O. The maximum atomic E-state index is 12.3. The molecule has 0 radical (unpaired) electrons. The minimum Gasteiger partial charge on any atom is -0.348 e. The molecule has 1 aromatic heterocycles. The Morgan fingerprint density at radius 3 is 2.36 bits per heavy atom. The van der Waals surface area contributed by atoms with Gasteiger partial charge in [0.2, 0.25) is 0 Å². The molecule has 1 amide bonds. The van der Waals surface area contributed by atoms with Crippen LogP contribution >= 0.6 is 0 Å². The lowest BCUT2D eigenvalue weighted by molar-refractivity contribution is 0.0951. The van der Waals surface area contributed by atoms with Crippen LogP contribution in [0.3, 0.4) is 0 Å². The molecule has 4 nitrogen and oxygen atoms in total. The fourth-order valence-electron chi connectivity index (χ4n) is 3.20. The number of hydrogen-bond acceptors (Lipinski definition) is 2. The highest BCUT2D eigenvalue weighted by atomic mass is 16.1. The molecule has 28 heavy (non-hydrogen) atoms. The van der Waals surface area contributed by atoms with Gasteiger partial charge in [-0.1, -0.05) is 54.1 Å². The number of H-pyrrole nitrogens is 1. The van der Waals surface area contributed by atoms with E-state index in [4.69, 9.17) is 0 Å². The summed E-state index contributed by atoms with van der Waals surface area (Å²) in [5, 5.41) is 2.97. The zero-order chi connectivity index (χ0) is 19.3. The van der Waals surface area contributed by atoms with Gasteiger partial charge in [0.05, 0.1) is 11.0 Å². The van der Waals surface area contributed by atoms with Crippen LogP contribution < -0.4 is 5.32 Å². The summed E-state index contributed by atoms with van der Waals surface area (Å²) in [6.07, 6.45) is 1.72. The number of hydrogen-bond donors (Lipinski definition) is 2. The molecule has 0 aliphatic rings. The van der Waals surface area contributed by atoms with E-state index in [-0.39, 0.29) is 5.91 Å². The average Bonchev–Trinajstić information content (AvgIpc) is 3.15. The Labute approximate surface area is 164 Å². The van der Waals surface area contributed by atoms with Gasteiger partial charge in [-0.25, -0.2) is 4.98 Å². The maximum absolute atomic E-state index is 12.3. The second kappa shape index (κ2) is 8.09. The van der Waals surface area contributed by atoms with Crippen molar-refractivity contribution >= 4 is 16.9 Å². The lowest BCUT2D eigenvalue weighted by Crippen LogP contribution is -2.22. The monoisotopic (exact) mass is 369 g/mol. The fourth-order valence-corrected chi connectivity index (χ4v) is 3.20. The second-order valence-electron chi connectivity index (χ2n) is 7.07. The van der Waals surface area contributed by atoms with Crippen LogP contribution in [-0.4, -0.2) is 15.9 Å². The largest absolute Gasteiger partial charge is 0.348 e. The minimum atomic E-state index is -0.0515. The predicted molar refractivity (Wildman–Crippen MR) is 112 cm³/mol. The van der Waals surface area contributed by atoms with Crippen molar-refractivity contribution in [1.29, 1.82) is 0 Å². The summed E-state index contributed by atoms with van der Waals surface area (Å²) >= 11 is 0. The van der Waals surface area contributed by atoms with E-state index in [1.807, 2.05) is 60.7 Å². The molecular weight excluding hydrogens is 346 g/mol. The third-order valence-corrected chi connectivity index (χ3v) is 4.88. The van der Waals surface area contributed by atoms with Gasteiger partial charge >= 0.3 is 0 Å². The van der Waals surface area contributed by atoms with E-state index in [1.165, 1.54) is 11.1 Å². The van der Waals surface area contributed by atoms with Crippen LogP contribution in [0.2, 0.25) is 0 Å². The molecule has 4 rings (SSSR count). The van der Waals surface area contributed by atoms with Crippen LogP contribution in [0.5, 0.6) is 0 Å². The second-order valence-corrected chi connectivity index (χ2v) is 7.07. The van der Waals surface area contributed by atoms with Gasteiger partial charge in [-0.05, 0) is 48.7 Å². The van der Waals surface area contributed by atoms with Crippen LogP contribution in [0, 0.1) is 6.92 Å². The van der Waals surface area contributed by atoms with Gasteiger partial charge in [-0.2, -0.15) is 0 Å². The highest BCUT2D eigenvalue weighted by Crippen LogP contribution is 2.13. The van der Waals surface area contributed by atoms with Crippen LogP contribution in [0.4, 0.5) is 0 Å². The van der Waals surface area contributed by atoms with Crippen molar-refractivity contribution in [3.05, 3.63) is 101 Å². The first-order valence-electron chi connectivity index (χ1n) is 9.54. The van der Waals surface area contributed by atoms with Gasteiger partial charge in [-0.3, -0.25) is 4.79 Å². The normalized spacial score (nSPS) is 10.9. The molecule has 0 fully saturated rings. The molecule has 0 aliphatic carbocycles. The van der Waals surface area contributed by atoms with E-state index in [9.17, 15) is 4.79 Å². The molecule has 4 aromatic rings. The Morgan fingerprint density at radius 1 is 0.893 bits per heavy atom.